The van der Waals surface area contributed by atoms with Crippen molar-refractivity contribution in [1.29, 1.82) is 0 Å². The van der Waals surface area contributed by atoms with Gasteiger partial charge in [0, 0.05) is 41.6 Å². The van der Waals surface area contributed by atoms with Crippen LogP contribution in [0.2, 0.25) is 0 Å². The Labute approximate surface area is 195 Å². The number of benzene rings is 2. The van der Waals surface area contributed by atoms with Gasteiger partial charge in [0.1, 0.15) is 0 Å². The van der Waals surface area contributed by atoms with Gasteiger partial charge in [-0.25, -0.2) is 0 Å². The number of carbonyl (C=O) groups is 2. The molecule has 0 saturated carbocycles. The van der Waals surface area contributed by atoms with Gasteiger partial charge in [-0.1, -0.05) is 19.9 Å². The van der Waals surface area contributed by atoms with E-state index in [1.165, 1.54) is 6.20 Å². The zero-order chi connectivity index (χ0) is 23.5. The topological polar surface area (TPSA) is 86.4 Å². The summed E-state index contributed by atoms with van der Waals surface area (Å²) >= 11 is 0. The minimum Gasteiger partial charge on any atom is -0.355 e. The van der Waals surface area contributed by atoms with Gasteiger partial charge in [0.25, 0.3) is 11.8 Å². The van der Waals surface area contributed by atoms with Crippen LogP contribution < -0.4 is 16.0 Å². The van der Waals surface area contributed by atoms with Crippen LogP contribution in [0.5, 0.6) is 0 Å². The van der Waals surface area contributed by atoms with Gasteiger partial charge < -0.3 is 20.9 Å². The number of aromatic nitrogens is 1. The van der Waals surface area contributed by atoms with E-state index in [0.29, 0.717) is 23.4 Å². The van der Waals surface area contributed by atoms with Gasteiger partial charge in [0.2, 0.25) is 0 Å². The number of hydrogen-bond acceptors (Lipinski definition) is 5. The van der Waals surface area contributed by atoms with Crippen LogP contribution in [0.1, 0.15) is 41.0 Å². The fraction of sp³-hybridized carbons (Fsp3) is 0.269. The molecule has 2 aromatic carbocycles. The van der Waals surface area contributed by atoms with E-state index in [1.54, 1.807) is 30.5 Å². The largest absolute Gasteiger partial charge is 0.355 e. The summed E-state index contributed by atoms with van der Waals surface area (Å²) in [7, 11) is 0. The number of anilines is 3. The van der Waals surface area contributed by atoms with E-state index in [0.717, 1.165) is 37.4 Å². The average Bonchev–Trinajstić information content (AvgIpc) is 2.85. The molecule has 0 bridgehead atoms. The smallest absolute Gasteiger partial charge is 0.257 e. The second kappa shape index (κ2) is 12.4. The van der Waals surface area contributed by atoms with Crippen LogP contribution in [0, 0.1) is 0 Å². The molecule has 33 heavy (non-hydrogen) atoms. The van der Waals surface area contributed by atoms with Crippen LogP contribution in [-0.2, 0) is 0 Å². The molecule has 3 N–H and O–H groups in total. The molecular formula is C26H31N5O2. The van der Waals surface area contributed by atoms with Gasteiger partial charge in [-0.05, 0) is 80.7 Å². The van der Waals surface area contributed by atoms with E-state index < -0.39 is 0 Å². The standard InChI is InChI=1S/C26H31N5O2/c1-3-31(4-2)17-7-16-28-25(32)20-11-13-22(14-12-20)29-23-9-5-10-24(18-23)30-26(33)21-8-6-15-27-19-21/h5-6,8-15,18-19,29H,3-4,7,16-17H2,1-2H3,(H,28,32)(H,30,33). The molecule has 7 heteroatoms. The summed E-state index contributed by atoms with van der Waals surface area (Å²) in [6, 6.07) is 18.2. The van der Waals surface area contributed by atoms with Crippen LogP contribution in [0.15, 0.2) is 73.1 Å². The van der Waals surface area contributed by atoms with E-state index in [1.807, 2.05) is 36.4 Å². The Morgan fingerprint density at radius 1 is 0.848 bits per heavy atom. The first-order valence-corrected chi connectivity index (χ1v) is 11.3. The number of pyridine rings is 1. The third kappa shape index (κ3) is 7.43. The molecule has 2 amide bonds. The Kier molecular flexibility index (Phi) is 8.97. The molecule has 0 aliphatic carbocycles. The van der Waals surface area contributed by atoms with Crippen LogP contribution in [-0.4, -0.2) is 47.9 Å². The molecule has 0 fully saturated rings. The Morgan fingerprint density at radius 3 is 2.30 bits per heavy atom. The van der Waals surface area contributed by atoms with E-state index in [2.05, 4.69) is 39.7 Å². The van der Waals surface area contributed by atoms with Gasteiger partial charge >= 0.3 is 0 Å². The molecule has 0 aliphatic rings. The third-order valence-corrected chi connectivity index (χ3v) is 5.31. The summed E-state index contributed by atoms with van der Waals surface area (Å²) < 4.78 is 0. The van der Waals surface area contributed by atoms with Crippen molar-refractivity contribution >= 4 is 28.9 Å². The van der Waals surface area contributed by atoms with Crippen molar-refractivity contribution in [3.63, 3.8) is 0 Å². The van der Waals surface area contributed by atoms with Gasteiger partial charge in [-0.3, -0.25) is 14.6 Å². The maximum atomic E-state index is 12.4. The number of hydrogen-bond donors (Lipinski definition) is 3. The SMILES string of the molecule is CCN(CC)CCCNC(=O)c1ccc(Nc2cccc(NC(=O)c3cccnc3)c2)cc1. The molecule has 3 aromatic rings. The van der Waals surface area contributed by atoms with E-state index in [9.17, 15) is 9.59 Å². The van der Waals surface area contributed by atoms with Crippen molar-refractivity contribution in [1.82, 2.24) is 15.2 Å². The van der Waals surface area contributed by atoms with Crippen molar-refractivity contribution in [3.05, 3.63) is 84.2 Å². The second-order valence-corrected chi connectivity index (χ2v) is 7.62. The first-order chi connectivity index (χ1) is 16.1. The van der Waals surface area contributed by atoms with Gasteiger partial charge in [-0.2, -0.15) is 0 Å². The molecule has 0 spiro atoms. The summed E-state index contributed by atoms with van der Waals surface area (Å²) in [6.07, 6.45) is 4.09. The van der Waals surface area contributed by atoms with Gasteiger partial charge in [0.05, 0.1) is 5.56 Å². The highest BCUT2D eigenvalue weighted by atomic mass is 16.2. The Morgan fingerprint density at radius 2 is 1.61 bits per heavy atom. The van der Waals surface area contributed by atoms with Crippen molar-refractivity contribution < 1.29 is 9.59 Å². The Hall–Kier alpha value is -3.71. The van der Waals surface area contributed by atoms with E-state index in [4.69, 9.17) is 0 Å². The van der Waals surface area contributed by atoms with Crippen LogP contribution in [0.4, 0.5) is 17.1 Å². The first-order valence-electron chi connectivity index (χ1n) is 11.3. The summed E-state index contributed by atoms with van der Waals surface area (Å²) in [6.45, 7) is 7.99. The van der Waals surface area contributed by atoms with Crippen molar-refractivity contribution in [3.8, 4) is 0 Å². The predicted molar refractivity (Wildman–Crippen MR) is 133 cm³/mol. The zero-order valence-corrected chi connectivity index (χ0v) is 19.2. The molecule has 7 nitrogen and oxygen atoms in total. The molecule has 0 saturated heterocycles. The van der Waals surface area contributed by atoms with E-state index in [-0.39, 0.29) is 11.8 Å². The number of rotatable bonds is 11. The molecule has 0 unspecified atom stereocenters. The maximum Gasteiger partial charge on any atom is 0.257 e. The third-order valence-electron chi connectivity index (χ3n) is 5.31. The van der Waals surface area contributed by atoms with Gasteiger partial charge in [-0.15, -0.1) is 0 Å². The minimum atomic E-state index is -0.215. The quantitative estimate of drug-likeness (QED) is 0.377. The molecule has 0 atom stereocenters. The molecule has 1 heterocycles. The maximum absolute atomic E-state index is 12.4. The lowest BCUT2D eigenvalue weighted by Crippen LogP contribution is -2.29. The summed E-state index contributed by atoms with van der Waals surface area (Å²) in [5, 5.41) is 9.15. The number of nitrogens with one attached hydrogen (secondary N) is 3. The average molecular weight is 446 g/mol. The summed E-state index contributed by atoms with van der Waals surface area (Å²) in [5.41, 5.74) is 3.48. The zero-order valence-electron chi connectivity index (χ0n) is 19.2. The number of amides is 2. The lowest BCUT2D eigenvalue weighted by Gasteiger charge is -2.17. The molecule has 3 rings (SSSR count). The van der Waals surface area contributed by atoms with E-state index >= 15 is 0 Å². The fourth-order valence-corrected chi connectivity index (χ4v) is 3.39. The van der Waals surface area contributed by atoms with Crippen LogP contribution >= 0.6 is 0 Å². The molecule has 0 radical (unpaired) electrons. The molecule has 1 aromatic heterocycles. The van der Waals surface area contributed by atoms with Crippen LogP contribution in [0.25, 0.3) is 0 Å². The highest BCUT2D eigenvalue weighted by Gasteiger charge is 2.08. The van der Waals surface area contributed by atoms with Crippen molar-refractivity contribution in [2.75, 3.05) is 36.8 Å². The lowest BCUT2D eigenvalue weighted by atomic mass is 10.2. The van der Waals surface area contributed by atoms with Crippen LogP contribution in [0.3, 0.4) is 0 Å². The Bertz CT molecular complexity index is 1030. The summed E-state index contributed by atoms with van der Waals surface area (Å²) in [4.78, 5) is 31.0. The Balaban J connectivity index is 1.52. The summed E-state index contributed by atoms with van der Waals surface area (Å²) in [5.74, 6) is -0.283. The fourth-order valence-electron chi connectivity index (χ4n) is 3.39. The molecular weight excluding hydrogens is 414 g/mol. The normalized spacial score (nSPS) is 10.6. The highest BCUT2D eigenvalue weighted by molar-refractivity contribution is 6.04. The minimum absolute atomic E-state index is 0.0683. The van der Waals surface area contributed by atoms with Crippen molar-refractivity contribution in [2.24, 2.45) is 0 Å². The molecule has 172 valence electrons. The number of carbonyl (C=O) groups excluding carboxylic acids is 2. The monoisotopic (exact) mass is 445 g/mol. The second-order valence-electron chi connectivity index (χ2n) is 7.62. The van der Waals surface area contributed by atoms with Crippen molar-refractivity contribution in [2.45, 2.75) is 20.3 Å². The van der Waals surface area contributed by atoms with Gasteiger partial charge in [0.15, 0.2) is 0 Å². The molecule has 0 aliphatic heterocycles. The lowest BCUT2D eigenvalue weighted by molar-refractivity contribution is 0.0951. The highest BCUT2D eigenvalue weighted by Crippen LogP contribution is 2.21. The predicted octanol–water partition coefficient (Wildman–Crippen LogP) is 4.54. The first kappa shape index (κ1) is 23.9. The number of nitrogens with zero attached hydrogens (tertiary/aromatic N) is 2.